The highest BCUT2D eigenvalue weighted by Crippen LogP contribution is 2.34. The van der Waals surface area contributed by atoms with Crippen LogP contribution in [0.15, 0.2) is 17.1 Å². The smallest absolute Gasteiger partial charge is 0.194 e. The Morgan fingerprint density at radius 2 is 1.88 bits per heavy atom. The molecule has 0 unspecified atom stereocenters. The summed E-state index contributed by atoms with van der Waals surface area (Å²) in [5, 5.41) is 13.0. The zero-order valence-electron chi connectivity index (χ0n) is 14.8. The highest BCUT2D eigenvalue weighted by atomic mass is 16.5. The number of β-amino-alcohol motifs (C(OH)–C–C–N with tert-alkyl or cyclic N) is 1. The Morgan fingerprint density at radius 3 is 2.42 bits per heavy atom. The molecule has 0 radical (unpaired) electrons. The van der Waals surface area contributed by atoms with Gasteiger partial charge in [-0.25, -0.2) is 4.99 Å². The molecule has 1 aliphatic rings. The molecule has 7 nitrogen and oxygen atoms in total. The van der Waals surface area contributed by atoms with Crippen LogP contribution in [0.4, 0.5) is 0 Å². The Morgan fingerprint density at radius 1 is 1.21 bits per heavy atom. The molecule has 2 rings (SSSR count). The molecule has 1 atom stereocenters. The molecule has 0 amide bonds. The van der Waals surface area contributed by atoms with Crippen molar-refractivity contribution in [2.45, 2.75) is 26.0 Å². The summed E-state index contributed by atoms with van der Waals surface area (Å²) >= 11 is 0. The predicted octanol–water partition coefficient (Wildman–Crippen LogP) is 1.24. The van der Waals surface area contributed by atoms with E-state index in [1.165, 1.54) is 0 Å². The Labute approximate surface area is 143 Å². The van der Waals surface area contributed by atoms with Gasteiger partial charge in [0, 0.05) is 31.3 Å². The van der Waals surface area contributed by atoms with Crippen molar-refractivity contribution in [2.75, 3.05) is 41.0 Å². The van der Waals surface area contributed by atoms with Crippen LogP contribution < -0.4 is 19.5 Å². The maximum Gasteiger partial charge on any atom is 0.194 e. The molecule has 1 aromatic carbocycles. The van der Waals surface area contributed by atoms with Gasteiger partial charge in [0.1, 0.15) is 5.75 Å². The van der Waals surface area contributed by atoms with Crippen molar-refractivity contribution in [3.05, 3.63) is 17.7 Å². The topological polar surface area (TPSA) is 75.6 Å². The molecule has 1 saturated heterocycles. The second-order valence-electron chi connectivity index (χ2n) is 5.58. The number of nitrogens with zero attached hydrogens (tertiary/aromatic N) is 2. The minimum absolute atomic E-state index is 0.288. The summed E-state index contributed by atoms with van der Waals surface area (Å²) in [6.45, 7) is 4.65. The molecular weight excluding hydrogens is 310 g/mol. The monoisotopic (exact) mass is 337 g/mol. The molecular formula is C17H27N3O4. The van der Waals surface area contributed by atoms with Crippen LogP contribution in [0.3, 0.4) is 0 Å². The van der Waals surface area contributed by atoms with E-state index < -0.39 is 0 Å². The molecule has 134 valence electrons. The summed E-state index contributed by atoms with van der Waals surface area (Å²) in [5.74, 6) is 2.77. The fourth-order valence-corrected chi connectivity index (χ4v) is 2.74. The van der Waals surface area contributed by atoms with E-state index in [9.17, 15) is 5.11 Å². The number of ether oxygens (including phenoxy) is 3. The third kappa shape index (κ3) is 4.23. The van der Waals surface area contributed by atoms with Gasteiger partial charge in [-0.2, -0.15) is 0 Å². The van der Waals surface area contributed by atoms with Crippen molar-refractivity contribution in [2.24, 2.45) is 4.99 Å². The van der Waals surface area contributed by atoms with Crippen LogP contribution in [-0.2, 0) is 6.54 Å². The van der Waals surface area contributed by atoms with E-state index in [1.54, 1.807) is 27.4 Å². The van der Waals surface area contributed by atoms with Gasteiger partial charge in [-0.1, -0.05) is 0 Å². The van der Waals surface area contributed by atoms with Crippen LogP contribution in [-0.4, -0.2) is 63.0 Å². The Bertz CT molecular complexity index is 577. The first-order valence-corrected chi connectivity index (χ1v) is 8.13. The van der Waals surface area contributed by atoms with Crippen molar-refractivity contribution in [1.82, 2.24) is 10.2 Å². The zero-order chi connectivity index (χ0) is 17.5. The van der Waals surface area contributed by atoms with Gasteiger partial charge in [-0.3, -0.25) is 0 Å². The minimum Gasteiger partial charge on any atom is -0.496 e. The molecule has 7 heteroatoms. The lowest BCUT2D eigenvalue weighted by Crippen LogP contribution is -2.40. The summed E-state index contributed by atoms with van der Waals surface area (Å²) in [5.41, 5.74) is 0.908. The van der Waals surface area contributed by atoms with E-state index in [0.29, 0.717) is 30.3 Å². The van der Waals surface area contributed by atoms with Gasteiger partial charge in [0.25, 0.3) is 0 Å². The van der Waals surface area contributed by atoms with Crippen molar-refractivity contribution >= 4 is 5.96 Å². The largest absolute Gasteiger partial charge is 0.496 e. The van der Waals surface area contributed by atoms with Gasteiger partial charge in [-0.15, -0.1) is 0 Å². The number of methoxy groups -OCH3 is 3. The summed E-state index contributed by atoms with van der Waals surface area (Å²) in [4.78, 5) is 6.75. The normalized spacial score (nSPS) is 17.8. The van der Waals surface area contributed by atoms with E-state index in [0.717, 1.165) is 31.0 Å². The van der Waals surface area contributed by atoms with E-state index in [4.69, 9.17) is 14.2 Å². The van der Waals surface area contributed by atoms with Crippen molar-refractivity contribution < 1.29 is 19.3 Å². The number of benzene rings is 1. The molecule has 2 N–H and O–H groups in total. The van der Waals surface area contributed by atoms with E-state index in [-0.39, 0.29) is 6.10 Å². The van der Waals surface area contributed by atoms with Gasteiger partial charge in [0.2, 0.25) is 0 Å². The lowest BCUT2D eigenvalue weighted by molar-refractivity contribution is 0.188. The first-order valence-electron chi connectivity index (χ1n) is 8.13. The molecule has 0 aliphatic carbocycles. The number of hydrogen-bond acceptors (Lipinski definition) is 5. The molecule has 1 aliphatic heterocycles. The van der Waals surface area contributed by atoms with Gasteiger partial charge in [0.05, 0.1) is 34.0 Å². The Hall–Kier alpha value is -2.15. The van der Waals surface area contributed by atoms with Crippen LogP contribution in [0.5, 0.6) is 17.2 Å². The number of hydrogen-bond donors (Lipinski definition) is 2. The Kier molecular flexibility index (Phi) is 6.54. The van der Waals surface area contributed by atoms with Gasteiger partial charge < -0.3 is 29.5 Å². The summed E-state index contributed by atoms with van der Waals surface area (Å²) in [6, 6.07) is 3.68. The number of nitrogens with one attached hydrogen (secondary N) is 1. The minimum atomic E-state index is -0.288. The first-order chi connectivity index (χ1) is 11.6. The molecule has 0 aromatic heterocycles. The average molecular weight is 337 g/mol. The zero-order valence-corrected chi connectivity index (χ0v) is 14.8. The number of aliphatic imine (C=N–C) groups is 1. The summed E-state index contributed by atoms with van der Waals surface area (Å²) in [6.07, 6.45) is 0.480. The van der Waals surface area contributed by atoms with Gasteiger partial charge >= 0.3 is 0 Å². The number of likely N-dealkylation sites (tertiary alicyclic amines) is 1. The third-order valence-electron chi connectivity index (χ3n) is 3.98. The van der Waals surface area contributed by atoms with Crippen LogP contribution in [0.1, 0.15) is 18.9 Å². The molecule has 1 heterocycles. The predicted molar refractivity (Wildman–Crippen MR) is 93.1 cm³/mol. The molecule has 1 fully saturated rings. The lowest BCUT2D eigenvalue weighted by Gasteiger charge is -2.21. The molecule has 0 spiro atoms. The van der Waals surface area contributed by atoms with Crippen molar-refractivity contribution in [3.63, 3.8) is 0 Å². The molecule has 0 saturated carbocycles. The molecule has 24 heavy (non-hydrogen) atoms. The standard InChI is InChI=1S/C17H27N3O4/c1-5-18-17(20-7-6-13(21)11-20)19-10-12-8-15(23-3)16(24-4)9-14(12)22-2/h8-9,13,21H,5-7,10-11H2,1-4H3,(H,18,19)/t13-/m1/s1. The summed E-state index contributed by atoms with van der Waals surface area (Å²) in [7, 11) is 4.82. The van der Waals surface area contributed by atoms with E-state index >= 15 is 0 Å². The lowest BCUT2D eigenvalue weighted by atomic mass is 10.1. The number of aliphatic hydroxyl groups is 1. The number of aliphatic hydroxyl groups excluding tert-OH is 1. The first kappa shape index (κ1) is 18.2. The average Bonchev–Trinajstić information content (AvgIpc) is 3.03. The van der Waals surface area contributed by atoms with Gasteiger partial charge in [-0.05, 0) is 19.4 Å². The van der Waals surface area contributed by atoms with Crippen LogP contribution >= 0.6 is 0 Å². The maximum absolute atomic E-state index is 9.74. The second kappa shape index (κ2) is 8.63. The van der Waals surface area contributed by atoms with Crippen molar-refractivity contribution in [3.8, 4) is 17.2 Å². The second-order valence-corrected chi connectivity index (χ2v) is 5.58. The van der Waals surface area contributed by atoms with Crippen molar-refractivity contribution in [1.29, 1.82) is 0 Å². The fourth-order valence-electron chi connectivity index (χ4n) is 2.74. The van der Waals surface area contributed by atoms with Crippen LogP contribution in [0.2, 0.25) is 0 Å². The maximum atomic E-state index is 9.74. The number of rotatable bonds is 6. The van der Waals surface area contributed by atoms with E-state index in [2.05, 4.69) is 15.2 Å². The van der Waals surface area contributed by atoms with Crippen LogP contribution in [0.25, 0.3) is 0 Å². The summed E-state index contributed by atoms with van der Waals surface area (Å²) < 4.78 is 16.1. The molecule has 0 bridgehead atoms. The highest BCUT2D eigenvalue weighted by molar-refractivity contribution is 5.80. The third-order valence-corrected chi connectivity index (χ3v) is 3.98. The SMILES string of the molecule is CCNC(=NCc1cc(OC)c(OC)cc1OC)N1CC[C@@H](O)C1. The van der Waals surface area contributed by atoms with E-state index in [1.807, 2.05) is 13.0 Å². The fraction of sp³-hybridized carbons (Fsp3) is 0.588. The quantitative estimate of drug-likeness (QED) is 0.601. The highest BCUT2D eigenvalue weighted by Gasteiger charge is 2.23. The van der Waals surface area contributed by atoms with Crippen LogP contribution in [0, 0.1) is 0 Å². The molecule has 1 aromatic rings. The van der Waals surface area contributed by atoms with Gasteiger partial charge in [0.15, 0.2) is 17.5 Å². The Balaban J connectivity index is 2.23. The number of guanidine groups is 1.